The number of primary sulfonamides is 1. The van der Waals surface area contributed by atoms with E-state index < -0.39 is 10.0 Å². The van der Waals surface area contributed by atoms with E-state index in [1.54, 1.807) is 30.7 Å². The van der Waals surface area contributed by atoms with E-state index >= 15 is 0 Å². The van der Waals surface area contributed by atoms with Crippen molar-refractivity contribution in [2.75, 3.05) is 5.32 Å². The number of benzene rings is 1. The van der Waals surface area contributed by atoms with Gasteiger partial charge in [0.15, 0.2) is 0 Å². The molecule has 2 aromatic heterocycles. The maximum absolute atomic E-state index is 11.2. The largest absolute Gasteiger partial charge is 0.355 e. The van der Waals surface area contributed by atoms with Crippen LogP contribution < -0.4 is 10.5 Å². The lowest BCUT2D eigenvalue weighted by Crippen LogP contribution is -2.11. The summed E-state index contributed by atoms with van der Waals surface area (Å²) >= 11 is 0. The van der Waals surface area contributed by atoms with Gasteiger partial charge in [-0.15, -0.1) is 0 Å². The molecule has 7 heteroatoms. The molecule has 0 atom stereocenters. The van der Waals surface area contributed by atoms with Gasteiger partial charge in [0.25, 0.3) is 0 Å². The Labute approximate surface area is 121 Å². The molecule has 3 aromatic rings. The molecular formula is C14H12N4O2S. The molecule has 0 bridgehead atoms. The van der Waals surface area contributed by atoms with Crippen molar-refractivity contribution >= 4 is 32.3 Å². The third-order valence-corrected chi connectivity index (χ3v) is 3.94. The lowest BCUT2D eigenvalue weighted by Gasteiger charge is -2.09. The van der Waals surface area contributed by atoms with Gasteiger partial charge in [-0.3, -0.25) is 9.97 Å². The molecule has 2 heterocycles. The van der Waals surface area contributed by atoms with Gasteiger partial charge in [0, 0.05) is 29.2 Å². The van der Waals surface area contributed by atoms with E-state index in [1.807, 2.05) is 12.1 Å². The predicted molar refractivity (Wildman–Crippen MR) is 80.6 cm³/mol. The summed E-state index contributed by atoms with van der Waals surface area (Å²) in [6, 6.07) is 9.95. The molecule has 6 nitrogen and oxygen atoms in total. The number of fused-ring (bicyclic) bond motifs is 1. The monoisotopic (exact) mass is 300 g/mol. The Kier molecular flexibility index (Phi) is 3.28. The summed E-state index contributed by atoms with van der Waals surface area (Å²) in [5.74, 6) is 0. The van der Waals surface area contributed by atoms with Crippen molar-refractivity contribution in [3.8, 4) is 0 Å². The van der Waals surface area contributed by atoms with Crippen LogP contribution in [0, 0.1) is 0 Å². The van der Waals surface area contributed by atoms with Gasteiger partial charge in [0.1, 0.15) is 0 Å². The predicted octanol–water partition coefficient (Wildman–Crippen LogP) is 2.02. The Morgan fingerprint density at radius 1 is 1.00 bits per heavy atom. The quantitative estimate of drug-likeness (QED) is 0.771. The summed E-state index contributed by atoms with van der Waals surface area (Å²) in [4.78, 5) is 8.34. The number of pyridine rings is 2. The molecule has 0 saturated heterocycles. The maximum Gasteiger partial charge on any atom is 0.238 e. The molecule has 0 unspecified atom stereocenters. The normalized spacial score (nSPS) is 11.5. The van der Waals surface area contributed by atoms with Gasteiger partial charge < -0.3 is 5.32 Å². The molecule has 0 saturated carbocycles. The number of hydrogen-bond donors (Lipinski definition) is 2. The van der Waals surface area contributed by atoms with Crippen LogP contribution in [0.3, 0.4) is 0 Å². The average Bonchev–Trinajstić information content (AvgIpc) is 2.47. The zero-order chi connectivity index (χ0) is 14.9. The van der Waals surface area contributed by atoms with Gasteiger partial charge in [-0.05, 0) is 36.4 Å². The van der Waals surface area contributed by atoms with Gasteiger partial charge in [-0.25, -0.2) is 13.6 Å². The fraction of sp³-hybridized carbons (Fsp3) is 0. The first-order chi connectivity index (χ1) is 10.0. The van der Waals surface area contributed by atoms with E-state index in [2.05, 4.69) is 15.3 Å². The van der Waals surface area contributed by atoms with E-state index in [0.29, 0.717) is 0 Å². The second-order valence-electron chi connectivity index (χ2n) is 4.45. The fourth-order valence-electron chi connectivity index (χ4n) is 1.99. The van der Waals surface area contributed by atoms with Crippen molar-refractivity contribution < 1.29 is 8.42 Å². The zero-order valence-electron chi connectivity index (χ0n) is 10.9. The zero-order valence-corrected chi connectivity index (χ0v) is 11.7. The number of aromatic nitrogens is 2. The molecule has 0 aliphatic rings. The van der Waals surface area contributed by atoms with Crippen LogP contribution in [-0.4, -0.2) is 18.4 Å². The van der Waals surface area contributed by atoms with Crippen molar-refractivity contribution in [1.29, 1.82) is 0 Å². The second kappa shape index (κ2) is 5.12. The SMILES string of the molecule is NS(=O)(=O)c1ccc(Nc2ccnc3cnccc23)cc1. The Morgan fingerprint density at radius 2 is 1.76 bits per heavy atom. The lowest BCUT2D eigenvalue weighted by molar-refractivity contribution is 0.598. The number of nitrogens with one attached hydrogen (secondary N) is 1. The maximum atomic E-state index is 11.2. The Morgan fingerprint density at radius 3 is 2.48 bits per heavy atom. The van der Waals surface area contributed by atoms with E-state index in [0.717, 1.165) is 22.3 Å². The highest BCUT2D eigenvalue weighted by Gasteiger charge is 2.07. The van der Waals surface area contributed by atoms with Crippen LogP contribution in [0.15, 0.2) is 59.9 Å². The summed E-state index contributed by atoms with van der Waals surface area (Å²) in [6.07, 6.45) is 5.06. The van der Waals surface area contributed by atoms with Crippen molar-refractivity contribution in [3.63, 3.8) is 0 Å². The third-order valence-electron chi connectivity index (χ3n) is 3.01. The first-order valence-electron chi connectivity index (χ1n) is 6.13. The van der Waals surface area contributed by atoms with Gasteiger partial charge in [0.2, 0.25) is 10.0 Å². The number of nitrogens with zero attached hydrogens (tertiary/aromatic N) is 2. The molecular weight excluding hydrogens is 288 g/mol. The van der Waals surface area contributed by atoms with E-state index in [1.165, 1.54) is 12.1 Å². The first-order valence-corrected chi connectivity index (χ1v) is 7.67. The van der Waals surface area contributed by atoms with Crippen molar-refractivity contribution in [3.05, 3.63) is 55.0 Å². The van der Waals surface area contributed by atoms with Crippen LogP contribution in [0.1, 0.15) is 0 Å². The number of hydrogen-bond acceptors (Lipinski definition) is 5. The molecule has 0 aliphatic carbocycles. The highest BCUT2D eigenvalue weighted by Crippen LogP contribution is 2.24. The molecule has 21 heavy (non-hydrogen) atoms. The molecule has 3 N–H and O–H groups in total. The Balaban J connectivity index is 1.96. The molecule has 0 spiro atoms. The summed E-state index contributed by atoms with van der Waals surface area (Å²) in [7, 11) is -3.67. The molecule has 1 aromatic carbocycles. The van der Waals surface area contributed by atoms with Crippen molar-refractivity contribution in [2.24, 2.45) is 5.14 Å². The molecule has 3 rings (SSSR count). The van der Waals surface area contributed by atoms with E-state index in [-0.39, 0.29) is 4.90 Å². The van der Waals surface area contributed by atoms with Crippen LogP contribution >= 0.6 is 0 Å². The number of sulfonamides is 1. The van der Waals surface area contributed by atoms with Crippen LogP contribution in [0.4, 0.5) is 11.4 Å². The highest BCUT2D eigenvalue weighted by atomic mass is 32.2. The van der Waals surface area contributed by atoms with Gasteiger partial charge in [-0.2, -0.15) is 0 Å². The van der Waals surface area contributed by atoms with Gasteiger partial charge >= 0.3 is 0 Å². The van der Waals surface area contributed by atoms with Crippen molar-refractivity contribution in [2.45, 2.75) is 4.90 Å². The Bertz CT molecular complexity index is 887. The highest BCUT2D eigenvalue weighted by molar-refractivity contribution is 7.89. The molecule has 0 amide bonds. The Hall–Kier alpha value is -2.51. The lowest BCUT2D eigenvalue weighted by atomic mass is 10.2. The van der Waals surface area contributed by atoms with E-state index in [4.69, 9.17) is 5.14 Å². The summed E-state index contributed by atoms with van der Waals surface area (Å²) in [6.45, 7) is 0. The minimum absolute atomic E-state index is 0.0804. The average molecular weight is 300 g/mol. The van der Waals surface area contributed by atoms with Crippen LogP contribution in [0.25, 0.3) is 10.9 Å². The van der Waals surface area contributed by atoms with Crippen LogP contribution in [0.5, 0.6) is 0 Å². The van der Waals surface area contributed by atoms with Crippen LogP contribution in [-0.2, 0) is 10.0 Å². The molecule has 106 valence electrons. The number of anilines is 2. The van der Waals surface area contributed by atoms with Gasteiger partial charge in [-0.1, -0.05) is 0 Å². The summed E-state index contributed by atoms with van der Waals surface area (Å²) < 4.78 is 22.4. The summed E-state index contributed by atoms with van der Waals surface area (Å²) in [5, 5.41) is 9.23. The van der Waals surface area contributed by atoms with E-state index in [9.17, 15) is 8.42 Å². The van der Waals surface area contributed by atoms with Gasteiger partial charge in [0.05, 0.1) is 16.6 Å². The summed E-state index contributed by atoms with van der Waals surface area (Å²) in [5.41, 5.74) is 2.40. The third kappa shape index (κ3) is 2.83. The molecule has 0 aliphatic heterocycles. The second-order valence-corrected chi connectivity index (χ2v) is 6.01. The van der Waals surface area contributed by atoms with Crippen LogP contribution in [0.2, 0.25) is 0 Å². The molecule has 0 fully saturated rings. The smallest absolute Gasteiger partial charge is 0.238 e. The molecule has 0 radical (unpaired) electrons. The topological polar surface area (TPSA) is 98.0 Å². The minimum Gasteiger partial charge on any atom is -0.355 e. The fourth-order valence-corrected chi connectivity index (χ4v) is 2.51. The first kappa shape index (κ1) is 13.5. The number of nitrogens with two attached hydrogens (primary N) is 1. The minimum atomic E-state index is -3.67. The standard InChI is InChI=1S/C14H12N4O2S/c15-21(19,20)11-3-1-10(2-4-11)18-13-6-8-17-14-9-16-7-5-12(13)14/h1-9H,(H,17,18)(H2,15,19,20). The van der Waals surface area contributed by atoms with Crippen molar-refractivity contribution in [1.82, 2.24) is 9.97 Å². The number of rotatable bonds is 3.